The van der Waals surface area contributed by atoms with Gasteiger partial charge in [0.05, 0.1) is 11.7 Å². The lowest BCUT2D eigenvalue weighted by atomic mass is 9.42. The average molecular weight is 434 g/mol. The van der Waals surface area contributed by atoms with Crippen molar-refractivity contribution in [3.05, 3.63) is 11.6 Å². The molecule has 0 aromatic heterocycles. The molecule has 4 N–H and O–H groups in total. The molecule has 31 heavy (non-hydrogen) atoms. The van der Waals surface area contributed by atoms with Gasteiger partial charge in [-0.15, -0.1) is 0 Å². The standard InChI is InChI=1S/C24H35NO6/c1-22-7-5-15(25-21(28)29)10-14(22)3-4-17-18(22)11-19(26)23(2)16(6-8-24(17,23)30)13-9-20(27)31-12-13/h9,14-19,25-26,30H,3-8,10-12H2,1-2H3,(H,28,29)/t14-,15+,16-,17-,18+,19-,22+,23+,24+/m1/s1. The van der Waals surface area contributed by atoms with E-state index >= 15 is 0 Å². The normalized spacial score (nSPS) is 51.2. The minimum absolute atomic E-state index is 0.00142. The van der Waals surface area contributed by atoms with Crippen molar-refractivity contribution in [2.24, 2.45) is 34.5 Å². The molecule has 4 saturated carbocycles. The molecule has 5 aliphatic rings. The molecule has 172 valence electrons. The summed E-state index contributed by atoms with van der Waals surface area (Å²) in [4.78, 5) is 22.8. The number of aliphatic hydroxyl groups excluding tert-OH is 1. The Kier molecular flexibility index (Phi) is 4.76. The van der Waals surface area contributed by atoms with E-state index in [4.69, 9.17) is 9.84 Å². The number of cyclic esters (lactones) is 1. The third-order valence-electron chi connectivity index (χ3n) is 10.4. The van der Waals surface area contributed by atoms with Crippen molar-refractivity contribution in [1.82, 2.24) is 5.32 Å². The van der Waals surface area contributed by atoms with Gasteiger partial charge in [0.1, 0.15) is 6.61 Å². The Balaban J connectivity index is 1.44. The summed E-state index contributed by atoms with van der Waals surface area (Å²) in [7, 11) is 0. The highest BCUT2D eigenvalue weighted by Crippen LogP contribution is 2.69. The molecule has 0 aromatic carbocycles. The van der Waals surface area contributed by atoms with Gasteiger partial charge in [0.25, 0.3) is 0 Å². The number of hydrogen-bond donors (Lipinski definition) is 4. The maximum absolute atomic E-state index is 12.2. The molecule has 1 aliphatic heterocycles. The van der Waals surface area contributed by atoms with Gasteiger partial charge in [-0.25, -0.2) is 9.59 Å². The molecule has 0 saturated heterocycles. The summed E-state index contributed by atoms with van der Waals surface area (Å²) < 4.78 is 5.16. The Hall–Kier alpha value is -1.60. The zero-order valence-electron chi connectivity index (χ0n) is 18.5. The minimum Gasteiger partial charge on any atom is -0.465 e. The molecule has 5 rings (SSSR count). The van der Waals surface area contributed by atoms with Crippen LogP contribution in [0.15, 0.2) is 11.6 Å². The predicted molar refractivity (Wildman–Crippen MR) is 112 cm³/mol. The number of carboxylic acid groups (broad SMARTS) is 1. The number of hydrogen-bond acceptors (Lipinski definition) is 5. The summed E-state index contributed by atoms with van der Waals surface area (Å²) in [5, 5.41) is 35.5. The van der Waals surface area contributed by atoms with E-state index in [0.717, 1.165) is 44.1 Å². The number of fused-ring (bicyclic) bond motifs is 5. The molecule has 0 aromatic rings. The summed E-state index contributed by atoms with van der Waals surface area (Å²) in [6, 6.07) is -0.00306. The van der Waals surface area contributed by atoms with Crippen LogP contribution in [0.3, 0.4) is 0 Å². The van der Waals surface area contributed by atoms with Gasteiger partial charge in [0, 0.05) is 17.5 Å². The lowest BCUT2D eigenvalue weighted by Crippen LogP contribution is -2.67. The number of amides is 1. The summed E-state index contributed by atoms with van der Waals surface area (Å²) >= 11 is 0. The molecule has 0 bridgehead atoms. The second-order valence-corrected chi connectivity index (χ2v) is 11.3. The van der Waals surface area contributed by atoms with Crippen molar-refractivity contribution < 1.29 is 29.6 Å². The number of carbonyl (C=O) groups excluding carboxylic acids is 1. The first-order chi connectivity index (χ1) is 14.6. The lowest BCUT2D eigenvalue weighted by molar-refractivity contribution is -0.242. The van der Waals surface area contributed by atoms with Crippen molar-refractivity contribution in [2.75, 3.05) is 6.61 Å². The van der Waals surface area contributed by atoms with Crippen molar-refractivity contribution in [1.29, 1.82) is 0 Å². The molecule has 7 heteroatoms. The number of carbonyl (C=O) groups is 2. The molecule has 7 nitrogen and oxygen atoms in total. The molecule has 4 fully saturated rings. The highest BCUT2D eigenvalue weighted by molar-refractivity contribution is 5.85. The van der Waals surface area contributed by atoms with Crippen LogP contribution in [-0.2, 0) is 9.53 Å². The van der Waals surface area contributed by atoms with E-state index in [0.29, 0.717) is 18.8 Å². The zero-order chi connectivity index (χ0) is 22.2. The summed E-state index contributed by atoms with van der Waals surface area (Å²) in [5.41, 5.74) is -0.724. The predicted octanol–water partition coefficient (Wildman–Crippen LogP) is 2.85. The third-order valence-corrected chi connectivity index (χ3v) is 10.4. The van der Waals surface area contributed by atoms with Crippen molar-refractivity contribution in [2.45, 2.75) is 83.0 Å². The third kappa shape index (κ3) is 2.85. The van der Waals surface area contributed by atoms with Crippen LogP contribution < -0.4 is 5.32 Å². The Morgan fingerprint density at radius 1 is 1.13 bits per heavy atom. The van der Waals surface area contributed by atoms with Crippen LogP contribution in [0.2, 0.25) is 0 Å². The SMILES string of the molecule is C[C@]12CC[C@H](NC(=O)O)C[C@H]1CC[C@@H]1[C@@H]2C[C@@H](O)[C@]2(C)[C@@H](C3=CC(=O)OC3)CC[C@]12O. The number of ether oxygens (including phenoxy) is 1. The zero-order valence-corrected chi connectivity index (χ0v) is 18.5. The molecule has 1 amide bonds. The van der Waals surface area contributed by atoms with Gasteiger partial charge in [-0.3, -0.25) is 0 Å². The first-order valence-corrected chi connectivity index (χ1v) is 11.9. The molecular weight excluding hydrogens is 398 g/mol. The quantitative estimate of drug-likeness (QED) is 0.498. The lowest BCUT2D eigenvalue weighted by Gasteiger charge is -2.65. The van der Waals surface area contributed by atoms with Crippen LogP contribution in [0, 0.1) is 34.5 Å². The monoisotopic (exact) mass is 433 g/mol. The van der Waals surface area contributed by atoms with Crippen LogP contribution in [-0.4, -0.2) is 51.7 Å². The molecule has 1 heterocycles. The van der Waals surface area contributed by atoms with E-state index in [1.165, 1.54) is 0 Å². The number of nitrogens with one attached hydrogen (secondary N) is 1. The number of rotatable bonds is 2. The first-order valence-electron chi connectivity index (χ1n) is 11.9. The van der Waals surface area contributed by atoms with Crippen LogP contribution in [0.25, 0.3) is 0 Å². The number of esters is 1. The van der Waals surface area contributed by atoms with Gasteiger partial charge in [-0.1, -0.05) is 13.8 Å². The summed E-state index contributed by atoms with van der Waals surface area (Å²) in [5.74, 6) is 0.382. The van der Waals surface area contributed by atoms with Crippen LogP contribution in [0.1, 0.15) is 65.2 Å². The minimum atomic E-state index is -0.962. The average Bonchev–Trinajstić information content (AvgIpc) is 3.24. The molecule has 4 aliphatic carbocycles. The van der Waals surface area contributed by atoms with Gasteiger partial charge < -0.3 is 25.4 Å². The number of aliphatic hydroxyl groups is 2. The fourth-order valence-electron chi connectivity index (χ4n) is 8.70. The van der Waals surface area contributed by atoms with Gasteiger partial charge in [0.15, 0.2) is 0 Å². The fraction of sp³-hybridized carbons (Fsp3) is 0.833. The molecule has 0 radical (unpaired) electrons. The topological polar surface area (TPSA) is 116 Å². The molecule has 0 spiro atoms. The van der Waals surface area contributed by atoms with Gasteiger partial charge in [-0.2, -0.15) is 0 Å². The second-order valence-electron chi connectivity index (χ2n) is 11.3. The van der Waals surface area contributed by atoms with Crippen molar-refractivity contribution in [3.63, 3.8) is 0 Å². The van der Waals surface area contributed by atoms with E-state index < -0.39 is 23.2 Å². The van der Waals surface area contributed by atoms with E-state index in [9.17, 15) is 19.8 Å². The van der Waals surface area contributed by atoms with E-state index in [2.05, 4.69) is 12.2 Å². The van der Waals surface area contributed by atoms with E-state index in [1.54, 1.807) is 6.08 Å². The van der Waals surface area contributed by atoms with Crippen LogP contribution >= 0.6 is 0 Å². The first kappa shape index (κ1) is 21.3. The molecular formula is C24H35NO6. The van der Waals surface area contributed by atoms with Crippen molar-refractivity contribution in [3.8, 4) is 0 Å². The molecule has 9 atom stereocenters. The van der Waals surface area contributed by atoms with Crippen LogP contribution in [0.4, 0.5) is 4.79 Å². The smallest absolute Gasteiger partial charge is 0.404 e. The summed E-state index contributed by atoms with van der Waals surface area (Å²) in [6.45, 7) is 4.60. The van der Waals surface area contributed by atoms with E-state index in [-0.39, 0.29) is 41.8 Å². The largest absolute Gasteiger partial charge is 0.465 e. The Morgan fingerprint density at radius 3 is 2.58 bits per heavy atom. The Morgan fingerprint density at radius 2 is 1.90 bits per heavy atom. The second kappa shape index (κ2) is 6.95. The maximum Gasteiger partial charge on any atom is 0.404 e. The maximum atomic E-state index is 12.2. The Bertz CT molecular complexity index is 827. The van der Waals surface area contributed by atoms with Crippen LogP contribution in [0.5, 0.6) is 0 Å². The fourth-order valence-corrected chi connectivity index (χ4v) is 8.70. The summed E-state index contributed by atoms with van der Waals surface area (Å²) in [6.07, 6.45) is 6.48. The Labute approximate surface area is 183 Å². The van der Waals surface area contributed by atoms with Gasteiger partial charge >= 0.3 is 12.1 Å². The van der Waals surface area contributed by atoms with Gasteiger partial charge in [0.2, 0.25) is 0 Å². The van der Waals surface area contributed by atoms with Gasteiger partial charge in [-0.05, 0) is 86.0 Å². The van der Waals surface area contributed by atoms with E-state index in [1.807, 2.05) is 6.92 Å². The highest BCUT2D eigenvalue weighted by Gasteiger charge is 2.70. The highest BCUT2D eigenvalue weighted by atomic mass is 16.5. The molecule has 0 unspecified atom stereocenters. The van der Waals surface area contributed by atoms with Crippen molar-refractivity contribution >= 4 is 12.1 Å².